The fourth-order valence-corrected chi connectivity index (χ4v) is 2.54. The van der Waals surface area contributed by atoms with Gasteiger partial charge in [-0.3, -0.25) is 4.90 Å². The molecule has 0 spiro atoms. The van der Waals surface area contributed by atoms with Crippen LogP contribution in [-0.4, -0.2) is 37.2 Å². The largest absolute Gasteiger partial charge is 0.378 e. The molecule has 0 aromatic carbocycles. The number of piperidine rings is 1. The quantitative estimate of drug-likeness (QED) is 0.614. The number of hydrogen-bond donors (Lipinski definition) is 0. The van der Waals surface area contributed by atoms with Crippen molar-refractivity contribution in [3.8, 4) is 0 Å². The summed E-state index contributed by atoms with van der Waals surface area (Å²) < 4.78 is 5.49. The summed E-state index contributed by atoms with van der Waals surface area (Å²) in [5.74, 6) is 1.78. The van der Waals surface area contributed by atoms with Gasteiger partial charge in [-0.1, -0.05) is 13.8 Å². The number of ether oxygens (including phenoxy) is 1. The van der Waals surface area contributed by atoms with Crippen LogP contribution in [0.2, 0.25) is 0 Å². The minimum atomic E-state index is 0.740. The summed E-state index contributed by atoms with van der Waals surface area (Å²) in [6.07, 6.45) is 2.76. The van der Waals surface area contributed by atoms with Gasteiger partial charge in [0.25, 0.3) is 0 Å². The molecule has 2 aliphatic rings. The number of fused-ring (bicyclic) bond motifs is 1. The highest BCUT2D eigenvalue weighted by Gasteiger charge is 2.31. The lowest BCUT2D eigenvalue weighted by Gasteiger charge is -2.43. The Hall–Kier alpha value is -0.0800. The van der Waals surface area contributed by atoms with Crippen molar-refractivity contribution >= 4 is 0 Å². The van der Waals surface area contributed by atoms with Gasteiger partial charge in [-0.25, -0.2) is 0 Å². The molecule has 0 N–H and O–H groups in total. The highest BCUT2D eigenvalue weighted by molar-refractivity contribution is 4.84. The molecule has 2 saturated heterocycles. The van der Waals surface area contributed by atoms with E-state index in [0.29, 0.717) is 0 Å². The average molecular weight is 183 g/mol. The van der Waals surface area contributed by atoms with Gasteiger partial charge in [0.05, 0.1) is 13.2 Å². The van der Waals surface area contributed by atoms with Crippen molar-refractivity contribution in [2.24, 2.45) is 11.8 Å². The molecule has 2 heterocycles. The highest BCUT2D eigenvalue weighted by Crippen LogP contribution is 2.28. The van der Waals surface area contributed by atoms with E-state index in [-0.39, 0.29) is 0 Å². The smallest absolute Gasteiger partial charge is 0.0622 e. The molecule has 2 aliphatic heterocycles. The van der Waals surface area contributed by atoms with Crippen LogP contribution in [0.4, 0.5) is 0 Å². The van der Waals surface area contributed by atoms with Crippen molar-refractivity contribution in [3.05, 3.63) is 0 Å². The van der Waals surface area contributed by atoms with Gasteiger partial charge in [-0.2, -0.15) is 0 Å². The Kier molecular flexibility index (Phi) is 2.89. The van der Waals surface area contributed by atoms with E-state index in [1.807, 2.05) is 0 Å². The van der Waals surface area contributed by atoms with E-state index in [0.717, 1.165) is 37.6 Å². The first-order chi connectivity index (χ1) is 6.27. The molecule has 0 radical (unpaired) electrons. The van der Waals surface area contributed by atoms with Crippen LogP contribution in [0.3, 0.4) is 0 Å². The third-order valence-corrected chi connectivity index (χ3v) is 3.63. The Balaban J connectivity index is 1.91. The van der Waals surface area contributed by atoms with Crippen LogP contribution in [0, 0.1) is 11.8 Å². The third kappa shape index (κ3) is 2.05. The number of morpholine rings is 1. The van der Waals surface area contributed by atoms with Gasteiger partial charge in [-0.05, 0) is 24.7 Å². The van der Waals surface area contributed by atoms with E-state index >= 15 is 0 Å². The molecular formula is C11H21NO. The minimum Gasteiger partial charge on any atom is -0.378 e. The van der Waals surface area contributed by atoms with Crippen LogP contribution in [0.5, 0.6) is 0 Å². The second-order valence-corrected chi connectivity index (χ2v) is 4.81. The normalized spacial score (nSPS) is 36.2. The van der Waals surface area contributed by atoms with E-state index < -0.39 is 0 Å². The van der Waals surface area contributed by atoms with Gasteiger partial charge in [0.15, 0.2) is 0 Å². The van der Waals surface area contributed by atoms with Crippen LogP contribution >= 0.6 is 0 Å². The summed E-state index contributed by atoms with van der Waals surface area (Å²) in [5.41, 5.74) is 0. The van der Waals surface area contributed by atoms with Gasteiger partial charge in [0.1, 0.15) is 0 Å². The molecule has 76 valence electrons. The first-order valence-corrected chi connectivity index (χ1v) is 5.59. The maximum atomic E-state index is 5.49. The van der Waals surface area contributed by atoms with Crippen LogP contribution in [0.1, 0.15) is 26.7 Å². The van der Waals surface area contributed by atoms with Crippen LogP contribution < -0.4 is 0 Å². The lowest BCUT2D eigenvalue weighted by atomic mass is 9.85. The first-order valence-electron chi connectivity index (χ1n) is 5.59. The molecule has 0 aromatic rings. The van der Waals surface area contributed by atoms with Crippen LogP contribution in [0.25, 0.3) is 0 Å². The molecule has 13 heavy (non-hydrogen) atoms. The number of nitrogens with zero attached hydrogens (tertiary/aromatic N) is 1. The topological polar surface area (TPSA) is 12.5 Å². The Morgan fingerprint density at radius 2 is 2.15 bits per heavy atom. The standard InChI is InChI=1S/C11H21NO/c1-9(2)10-3-4-11-8-13-6-5-12(11)7-10/h9-11H,3-8H2,1-2H3. The number of hydrogen-bond acceptors (Lipinski definition) is 2. The van der Waals surface area contributed by atoms with Crippen molar-refractivity contribution in [1.29, 1.82) is 0 Å². The van der Waals surface area contributed by atoms with Gasteiger partial charge in [-0.15, -0.1) is 0 Å². The summed E-state index contributed by atoms with van der Waals surface area (Å²) in [4.78, 5) is 2.64. The molecule has 2 atom stereocenters. The fraction of sp³-hybridized carbons (Fsp3) is 1.00. The summed E-state index contributed by atoms with van der Waals surface area (Å²) >= 11 is 0. The molecule has 2 unspecified atom stereocenters. The average Bonchev–Trinajstić information content (AvgIpc) is 2.17. The Labute approximate surface area is 81.3 Å². The Morgan fingerprint density at radius 3 is 2.92 bits per heavy atom. The van der Waals surface area contributed by atoms with Crippen molar-refractivity contribution in [1.82, 2.24) is 4.90 Å². The van der Waals surface area contributed by atoms with Crippen molar-refractivity contribution < 1.29 is 4.74 Å². The zero-order chi connectivity index (χ0) is 9.26. The highest BCUT2D eigenvalue weighted by atomic mass is 16.5. The van der Waals surface area contributed by atoms with Crippen molar-refractivity contribution in [3.63, 3.8) is 0 Å². The molecular weight excluding hydrogens is 162 g/mol. The molecule has 2 heteroatoms. The minimum absolute atomic E-state index is 0.740. The summed E-state index contributed by atoms with van der Waals surface area (Å²) in [6, 6.07) is 0.740. The van der Waals surface area contributed by atoms with Crippen LogP contribution in [-0.2, 0) is 4.74 Å². The molecule has 0 aliphatic carbocycles. The maximum absolute atomic E-state index is 5.49. The summed E-state index contributed by atoms with van der Waals surface area (Å²) in [5, 5.41) is 0. The molecule has 0 amide bonds. The third-order valence-electron chi connectivity index (χ3n) is 3.63. The Morgan fingerprint density at radius 1 is 1.31 bits per heavy atom. The molecule has 0 saturated carbocycles. The zero-order valence-corrected chi connectivity index (χ0v) is 8.83. The number of rotatable bonds is 1. The fourth-order valence-electron chi connectivity index (χ4n) is 2.54. The van der Waals surface area contributed by atoms with E-state index in [2.05, 4.69) is 18.7 Å². The molecule has 2 rings (SSSR count). The zero-order valence-electron chi connectivity index (χ0n) is 8.83. The SMILES string of the molecule is CC(C)C1CCC2COCCN2C1. The van der Waals surface area contributed by atoms with E-state index in [1.54, 1.807) is 0 Å². The summed E-state index contributed by atoms with van der Waals surface area (Å²) in [6.45, 7) is 9.10. The first kappa shape index (κ1) is 9.47. The predicted octanol–water partition coefficient (Wildman–Crippen LogP) is 1.75. The molecule has 2 nitrogen and oxygen atoms in total. The summed E-state index contributed by atoms with van der Waals surface area (Å²) in [7, 11) is 0. The van der Waals surface area contributed by atoms with Gasteiger partial charge in [0.2, 0.25) is 0 Å². The maximum Gasteiger partial charge on any atom is 0.0622 e. The van der Waals surface area contributed by atoms with Crippen molar-refractivity contribution in [2.45, 2.75) is 32.7 Å². The van der Waals surface area contributed by atoms with Crippen molar-refractivity contribution in [2.75, 3.05) is 26.3 Å². The van der Waals surface area contributed by atoms with Crippen LogP contribution in [0.15, 0.2) is 0 Å². The van der Waals surface area contributed by atoms with Gasteiger partial charge >= 0.3 is 0 Å². The monoisotopic (exact) mass is 183 g/mol. The van der Waals surface area contributed by atoms with E-state index in [4.69, 9.17) is 4.74 Å². The molecule has 2 fully saturated rings. The second-order valence-electron chi connectivity index (χ2n) is 4.81. The molecule has 0 aromatic heterocycles. The lowest BCUT2D eigenvalue weighted by Crippen LogP contribution is -2.51. The van der Waals surface area contributed by atoms with Gasteiger partial charge < -0.3 is 4.74 Å². The molecule has 0 bridgehead atoms. The Bertz CT molecular complexity index is 169. The predicted molar refractivity (Wildman–Crippen MR) is 53.7 cm³/mol. The second kappa shape index (κ2) is 3.97. The van der Waals surface area contributed by atoms with E-state index in [1.165, 1.54) is 19.4 Å². The van der Waals surface area contributed by atoms with Gasteiger partial charge in [0, 0.05) is 19.1 Å². The lowest BCUT2D eigenvalue weighted by molar-refractivity contribution is -0.0412. The van der Waals surface area contributed by atoms with E-state index in [9.17, 15) is 0 Å².